The van der Waals surface area contributed by atoms with Gasteiger partial charge in [0.15, 0.2) is 0 Å². The Morgan fingerprint density at radius 1 is 1.33 bits per heavy atom. The average molecular weight is 226 g/mol. The molecule has 1 aromatic rings. The van der Waals surface area contributed by atoms with Crippen LogP contribution in [0, 0.1) is 0 Å². The molecule has 1 saturated carbocycles. The van der Waals surface area contributed by atoms with Gasteiger partial charge in [0.25, 0.3) is 0 Å². The molecule has 15 heavy (non-hydrogen) atoms. The average Bonchev–Trinajstić information content (AvgIpc) is 2.73. The molecule has 0 bridgehead atoms. The van der Waals surface area contributed by atoms with E-state index in [1.807, 2.05) is 18.2 Å². The van der Waals surface area contributed by atoms with Crippen LogP contribution in [0.5, 0.6) is 5.75 Å². The van der Waals surface area contributed by atoms with Crippen molar-refractivity contribution in [1.29, 1.82) is 0 Å². The molecule has 0 amide bonds. The highest BCUT2D eigenvalue weighted by Crippen LogP contribution is 2.28. The van der Waals surface area contributed by atoms with E-state index in [0.717, 1.165) is 24.2 Å². The molecule has 0 unspecified atom stereocenters. The van der Waals surface area contributed by atoms with Gasteiger partial charge >= 0.3 is 0 Å². The smallest absolute Gasteiger partial charge is 0.124 e. The lowest BCUT2D eigenvalue weighted by Crippen LogP contribution is -2.13. The van der Waals surface area contributed by atoms with Gasteiger partial charge in [0, 0.05) is 17.1 Å². The molecule has 1 aliphatic carbocycles. The predicted octanol–water partition coefficient (Wildman–Crippen LogP) is 3.12. The normalized spacial score (nSPS) is 16.9. The molecule has 0 aromatic heterocycles. The second-order valence-corrected chi connectivity index (χ2v) is 4.42. The van der Waals surface area contributed by atoms with Crippen LogP contribution in [0.25, 0.3) is 0 Å². The largest absolute Gasteiger partial charge is 0.490 e. The minimum Gasteiger partial charge on any atom is -0.490 e. The zero-order chi connectivity index (χ0) is 10.7. The SMILES string of the molecule is NCc1cc(Cl)ccc1OC1CCCC1. The fraction of sp³-hybridized carbons (Fsp3) is 0.500. The molecule has 2 nitrogen and oxygen atoms in total. The third-order valence-electron chi connectivity index (χ3n) is 2.84. The van der Waals surface area contributed by atoms with Crippen molar-refractivity contribution < 1.29 is 4.74 Å². The van der Waals surface area contributed by atoms with Crippen LogP contribution in [0.1, 0.15) is 31.2 Å². The van der Waals surface area contributed by atoms with Gasteiger partial charge in [0.1, 0.15) is 5.75 Å². The summed E-state index contributed by atoms with van der Waals surface area (Å²) in [6.07, 6.45) is 5.24. The number of hydrogen-bond donors (Lipinski definition) is 1. The highest BCUT2D eigenvalue weighted by Gasteiger charge is 2.17. The standard InChI is InChI=1S/C12H16ClNO/c13-10-5-6-12(9(7-10)8-14)15-11-3-1-2-4-11/h5-7,11H,1-4,8,14H2. The Balaban J connectivity index is 2.12. The summed E-state index contributed by atoms with van der Waals surface area (Å²) in [6, 6.07) is 5.65. The summed E-state index contributed by atoms with van der Waals surface area (Å²) < 4.78 is 5.91. The Bertz CT molecular complexity index is 334. The van der Waals surface area contributed by atoms with Crippen LogP contribution >= 0.6 is 11.6 Å². The first kappa shape index (κ1) is 10.8. The van der Waals surface area contributed by atoms with E-state index in [1.54, 1.807) is 0 Å². The highest BCUT2D eigenvalue weighted by molar-refractivity contribution is 6.30. The van der Waals surface area contributed by atoms with Gasteiger partial charge in [-0.2, -0.15) is 0 Å². The van der Waals surface area contributed by atoms with Crippen molar-refractivity contribution in [3.63, 3.8) is 0 Å². The van der Waals surface area contributed by atoms with Crippen LogP contribution in [0.15, 0.2) is 18.2 Å². The Hall–Kier alpha value is -0.730. The maximum absolute atomic E-state index is 5.91. The molecule has 82 valence electrons. The van der Waals surface area contributed by atoms with Crippen molar-refractivity contribution in [2.45, 2.75) is 38.3 Å². The van der Waals surface area contributed by atoms with Crippen molar-refractivity contribution in [2.75, 3.05) is 0 Å². The van der Waals surface area contributed by atoms with Crippen LogP contribution < -0.4 is 10.5 Å². The van der Waals surface area contributed by atoms with Crippen LogP contribution in [0.3, 0.4) is 0 Å². The Morgan fingerprint density at radius 3 is 2.73 bits per heavy atom. The van der Waals surface area contributed by atoms with Gasteiger partial charge in [-0.25, -0.2) is 0 Å². The third-order valence-corrected chi connectivity index (χ3v) is 3.07. The fourth-order valence-electron chi connectivity index (χ4n) is 2.01. The van der Waals surface area contributed by atoms with Crippen LogP contribution in [0.2, 0.25) is 5.02 Å². The van der Waals surface area contributed by atoms with Crippen LogP contribution in [-0.2, 0) is 6.54 Å². The number of ether oxygens (including phenoxy) is 1. The number of nitrogens with two attached hydrogens (primary N) is 1. The van der Waals surface area contributed by atoms with E-state index in [4.69, 9.17) is 22.1 Å². The van der Waals surface area contributed by atoms with Crippen molar-refractivity contribution in [3.05, 3.63) is 28.8 Å². The van der Waals surface area contributed by atoms with E-state index >= 15 is 0 Å². The predicted molar refractivity (Wildman–Crippen MR) is 62.2 cm³/mol. The lowest BCUT2D eigenvalue weighted by molar-refractivity contribution is 0.208. The zero-order valence-electron chi connectivity index (χ0n) is 8.71. The maximum Gasteiger partial charge on any atom is 0.124 e. The molecule has 1 aromatic carbocycles. The first-order valence-electron chi connectivity index (χ1n) is 5.45. The van der Waals surface area contributed by atoms with E-state index in [0.29, 0.717) is 17.7 Å². The first-order chi connectivity index (χ1) is 7.29. The molecule has 2 N–H and O–H groups in total. The van der Waals surface area contributed by atoms with E-state index in [9.17, 15) is 0 Å². The Morgan fingerprint density at radius 2 is 2.07 bits per heavy atom. The van der Waals surface area contributed by atoms with Gasteiger partial charge in [0.05, 0.1) is 6.10 Å². The monoisotopic (exact) mass is 225 g/mol. The fourth-order valence-corrected chi connectivity index (χ4v) is 2.20. The molecule has 2 rings (SSSR count). The van der Waals surface area contributed by atoms with E-state index in [-0.39, 0.29) is 0 Å². The summed E-state index contributed by atoms with van der Waals surface area (Å²) in [5.74, 6) is 0.897. The molecule has 1 fully saturated rings. The van der Waals surface area contributed by atoms with Crippen LogP contribution in [-0.4, -0.2) is 6.10 Å². The topological polar surface area (TPSA) is 35.2 Å². The third kappa shape index (κ3) is 2.64. The first-order valence-corrected chi connectivity index (χ1v) is 5.82. The van der Waals surface area contributed by atoms with Crippen LogP contribution in [0.4, 0.5) is 0 Å². The van der Waals surface area contributed by atoms with Crippen molar-refractivity contribution in [2.24, 2.45) is 5.73 Å². The minimum atomic E-state index is 0.372. The van der Waals surface area contributed by atoms with Gasteiger partial charge in [0.2, 0.25) is 0 Å². The number of benzene rings is 1. The number of rotatable bonds is 3. The van der Waals surface area contributed by atoms with E-state index < -0.39 is 0 Å². The minimum absolute atomic E-state index is 0.372. The summed E-state index contributed by atoms with van der Waals surface area (Å²) in [4.78, 5) is 0. The molecule has 0 atom stereocenters. The quantitative estimate of drug-likeness (QED) is 0.858. The van der Waals surface area contributed by atoms with Crippen molar-refractivity contribution in [1.82, 2.24) is 0 Å². The Labute approximate surface area is 95.4 Å². The molecule has 0 radical (unpaired) electrons. The second-order valence-electron chi connectivity index (χ2n) is 3.98. The molecule has 0 saturated heterocycles. The summed E-state index contributed by atoms with van der Waals surface area (Å²) in [5, 5.41) is 0.717. The summed E-state index contributed by atoms with van der Waals surface area (Å²) in [7, 11) is 0. The molecule has 3 heteroatoms. The molecular formula is C12H16ClNO. The summed E-state index contributed by atoms with van der Waals surface area (Å²) in [6.45, 7) is 0.475. The molecule has 0 spiro atoms. The van der Waals surface area contributed by atoms with Gasteiger partial charge in [-0.05, 0) is 43.9 Å². The lowest BCUT2D eigenvalue weighted by atomic mass is 10.2. The van der Waals surface area contributed by atoms with E-state index in [2.05, 4.69) is 0 Å². The molecule has 1 aliphatic rings. The van der Waals surface area contributed by atoms with Crippen molar-refractivity contribution in [3.8, 4) is 5.75 Å². The highest BCUT2D eigenvalue weighted by atomic mass is 35.5. The Kier molecular flexibility index (Phi) is 3.49. The number of hydrogen-bond acceptors (Lipinski definition) is 2. The maximum atomic E-state index is 5.91. The van der Waals surface area contributed by atoms with Gasteiger partial charge in [-0.3, -0.25) is 0 Å². The molecule has 0 aliphatic heterocycles. The van der Waals surface area contributed by atoms with E-state index in [1.165, 1.54) is 12.8 Å². The van der Waals surface area contributed by atoms with Crippen molar-refractivity contribution >= 4 is 11.6 Å². The number of halogens is 1. The molecule has 0 heterocycles. The summed E-state index contributed by atoms with van der Waals surface area (Å²) in [5.41, 5.74) is 6.65. The van der Waals surface area contributed by atoms with Gasteiger partial charge < -0.3 is 10.5 Å². The second kappa shape index (κ2) is 4.86. The lowest BCUT2D eigenvalue weighted by Gasteiger charge is -2.16. The zero-order valence-corrected chi connectivity index (χ0v) is 9.46. The molecular weight excluding hydrogens is 210 g/mol. The summed E-state index contributed by atoms with van der Waals surface area (Å²) >= 11 is 5.90. The van der Waals surface area contributed by atoms with Gasteiger partial charge in [-0.1, -0.05) is 11.6 Å². The van der Waals surface area contributed by atoms with Gasteiger partial charge in [-0.15, -0.1) is 0 Å².